The summed E-state index contributed by atoms with van der Waals surface area (Å²) in [6, 6.07) is 1.87. The van der Waals surface area contributed by atoms with Crippen molar-refractivity contribution < 1.29 is 9.53 Å². The molecule has 2 heterocycles. The van der Waals surface area contributed by atoms with E-state index in [2.05, 4.69) is 15.3 Å². The zero-order valence-corrected chi connectivity index (χ0v) is 11.0. The number of nitrogens with one attached hydrogen (secondary N) is 1. The molecule has 0 unspecified atom stereocenters. The molecule has 0 atom stereocenters. The highest BCUT2D eigenvalue weighted by molar-refractivity contribution is 5.69. The van der Waals surface area contributed by atoms with E-state index in [1.807, 2.05) is 29.8 Å². The summed E-state index contributed by atoms with van der Waals surface area (Å²) in [5.41, 5.74) is 0.940. The summed E-state index contributed by atoms with van der Waals surface area (Å²) in [6.45, 7) is 3.69. The lowest BCUT2D eigenvalue weighted by molar-refractivity contribution is -0.143. The van der Waals surface area contributed by atoms with Crippen molar-refractivity contribution in [2.45, 2.75) is 26.3 Å². The minimum absolute atomic E-state index is 0.138. The first-order chi connectivity index (χ1) is 9.29. The summed E-state index contributed by atoms with van der Waals surface area (Å²) in [5, 5.41) is 3.25. The van der Waals surface area contributed by atoms with Crippen LogP contribution in [0.5, 0.6) is 0 Å². The van der Waals surface area contributed by atoms with Crippen LogP contribution in [-0.4, -0.2) is 33.5 Å². The maximum Gasteiger partial charge on any atom is 0.305 e. The number of carbonyl (C=O) groups is 1. The molecule has 0 aliphatic rings. The van der Waals surface area contributed by atoms with Crippen LogP contribution < -0.4 is 5.32 Å². The first kappa shape index (κ1) is 13.5. The largest absolute Gasteiger partial charge is 0.466 e. The average Bonchev–Trinajstić information content (AvgIpc) is 2.81. The fourth-order valence-electron chi connectivity index (χ4n) is 1.77. The SMILES string of the molecule is CCOC(=O)CCCNCc1cn2cccnc2n1. The zero-order chi connectivity index (χ0) is 13.5. The topological polar surface area (TPSA) is 68.5 Å². The number of fused-ring (bicyclic) bond motifs is 1. The fraction of sp³-hybridized carbons (Fsp3) is 0.462. The Bertz CT molecular complexity index is 505. The minimum atomic E-state index is -0.138. The predicted molar refractivity (Wildman–Crippen MR) is 70.6 cm³/mol. The molecule has 2 rings (SSSR count). The van der Waals surface area contributed by atoms with Gasteiger partial charge >= 0.3 is 5.97 Å². The minimum Gasteiger partial charge on any atom is -0.466 e. The second kappa shape index (κ2) is 6.84. The summed E-state index contributed by atoms with van der Waals surface area (Å²) < 4.78 is 6.74. The van der Waals surface area contributed by atoms with Crippen molar-refractivity contribution >= 4 is 11.7 Å². The van der Waals surface area contributed by atoms with Crippen molar-refractivity contribution in [2.24, 2.45) is 0 Å². The standard InChI is InChI=1S/C13H18N4O2/c1-2-19-12(18)5-3-6-14-9-11-10-17-8-4-7-15-13(17)16-11/h4,7-8,10,14H,2-3,5-6,9H2,1H3. The predicted octanol–water partition coefficient (Wildman–Crippen LogP) is 1.16. The van der Waals surface area contributed by atoms with Gasteiger partial charge in [-0.1, -0.05) is 0 Å². The lowest BCUT2D eigenvalue weighted by Gasteiger charge is -2.02. The number of hydrogen-bond acceptors (Lipinski definition) is 5. The highest BCUT2D eigenvalue weighted by Crippen LogP contribution is 2.01. The van der Waals surface area contributed by atoms with Crippen LogP contribution in [0.4, 0.5) is 0 Å². The second-order valence-corrected chi connectivity index (χ2v) is 4.14. The Morgan fingerprint density at radius 2 is 2.42 bits per heavy atom. The van der Waals surface area contributed by atoms with Gasteiger partial charge in [-0.25, -0.2) is 9.97 Å². The van der Waals surface area contributed by atoms with E-state index in [9.17, 15) is 4.79 Å². The number of rotatable bonds is 7. The zero-order valence-electron chi connectivity index (χ0n) is 11.0. The molecule has 2 aromatic rings. The van der Waals surface area contributed by atoms with Crippen LogP contribution in [-0.2, 0) is 16.1 Å². The van der Waals surface area contributed by atoms with Crippen LogP contribution in [0, 0.1) is 0 Å². The maximum atomic E-state index is 11.1. The Kier molecular flexibility index (Phi) is 4.85. The molecule has 0 radical (unpaired) electrons. The van der Waals surface area contributed by atoms with Crippen LogP contribution >= 0.6 is 0 Å². The Hall–Kier alpha value is -1.95. The summed E-state index contributed by atoms with van der Waals surface area (Å²) in [5.74, 6) is 0.562. The third-order valence-corrected chi connectivity index (χ3v) is 2.63. The van der Waals surface area contributed by atoms with Crippen molar-refractivity contribution in [3.05, 3.63) is 30.4 Å². The van der Waals surface area contributed by atoms with E-state index < -0.39 is 0 Å². The van der Waals surface area contributed by atoms with E-state index >= 15 is 0 Å². The number of imidazole rings is 1. The number of esters is 1. The Morgan fingerprint density at radius 1 is 1.53 bits per heavy atom. The van der Waals surface area contributed by atoms with Crippen LogP contribution in [0.3, 0.4) is 0 Å². The Morgan fingerprint density at radius 3 is 3.21 bits per heavy atom. The molecular weight excluding hydrogens is 244 g/mol. The first-order valence-electron chi connectivity index (χ1n) is 6.44. The van der Waals surface area contributed by atoms with Crippen LogP contribution in [0.2, 0.25) is 0 Å². The van der Waals surface area contributed by atoms with Gasteiger partial charge in [0, 0.05) is 31.6 Å². The van der Waals surface area contributed by atoms with E-state index in [4.69, 9.17) is 4.74 Å². The van der Waals surface area contributed by atoms with Crippen molar-refractivity contribution in [3.63, 3.8) is 0 Å². The van der Waals surface area contributed by atoms with Gasteiger partial charge in [-0.05, 0) is 26.0 Å². The summed E-state index contributed by atoms with van der Waals surface area (Å²) in [7, 11) is 0. The lowest BCUT2D eigenvalue weighted by Crippen LogP contribution is -2.16. The highest BCUT2D eigenvalue weighted by Gasteiger charge is 2.03. The lowest BCUT2D eigenvalue weighted by atomic mass is 10.3. The molecule has 1 N–H and O–H groups in total. The van der Waals surface area contributed by atoms with Crippen LogP contribution in [0.1, 0.15) is 25.5 Å². The number of hydrogen-bond donors (Lipinski definition) is 1. The van der Waals surface area contributed by atoms with Gasteiger partial charge in [0.1, 0.15) is 0 Å². The van der Waals surface area contributed by atoms with Crippen LogP contribution in [0.15, 0.2) is 24.7 Å². The van der Waals surface area contributed by atoms with Crippen molar-refractivity contribution in [1.29, 1.82) is 0 Å². The number of carbonyl (C=O) groups excluding carboxylic acids is 1. The van der Waals surface area contributed by atoms with Gasteiger partial charge in [-0.2, -0.15) is 0 Å². The van der Waals surface area contributed by atoms with Gasteiger partial charge in [0.25, 0.3) is 0 Å². The van der Waals surface area contributed by atoms with E-state index in [0.717, 1.165) is 18.7 Å². The molecule has 0 saturated heterocycles. The molecule has 0 aromatic carbocycles. The van der Waals surface area contributed by atoms with E-state index in [1.54, 1.807) is 6.20 Å². The third-order valence-electron chi connectivity index (χ3n) is 2.63. The molecular formula is C13H18N4O2. The van der Waals surface area contributed by atoms with Crippen LogP contribution in [0.25, 0.3) is 5.78 Å². The van der Waals surface area contributed by atoms with Gasteiger partial charge in [-0.15, -0.1) is 0 Å². The van der Waals surface area contributed by atoms with Gasteiger partial charge in [-0.3, -0.25) is 9.20 Å². The molecule has 102 valence electrons. The molecule has 0 spiro atoms. The van der Waals surface area contributed by atoms with Crippen molar-refractivity contribution in [1.82, 2.24) is 19.7 Å². The molecule has 6 heteroatoms. The molecule has 0 aliphatic carbocycles. The normalized spacial score (nSPS) is 10.8. The Balaban J connectivity index is 1.69. The smallest absolute Gasteiger partial charge is 0.305 e. The van der Waals surface area contributed by atoms with Crippen molar-refractivity contribution in [2.75, 3.05) is 13.2 Å². The monoisotopic (exact) mass is 262 g/mol. The summed E-state index contributed by atoms with van der Waals surface area (Å²) in [4.78, 5) is 19.6. The quantitative estimate of drug-likeness (QED) is 0.599. The second-order valence-electron chi connectivity index (χ2n) is 4.14. The molecule has 0 amide bonds. The number of ether oxygens (including phenoxy) is 1. The average molecular weight is 262 g/mol. The van der Waals surface area contributed by atoms with Crippen molar-refractivity contribution in [3.8, 4) is 0 Å². The molecule has 0 saturated carbocycles. The van der Waals surface area contributed by atoms with E-state index in [0.29, 0.717) is 25.4 Å². The van der Waals surface area contributed by atoms with Gasteiger partial charge in [0.05, 0.1) is 12.3 Å². The molecule has 19 heavy (non-hydrogen) atoms. The Labute approximate surface area is 111 Å². The number of aromatic nitrogens is 3. The summed E-state index contributed by atoms with van der Waals surface area (Å²) in [6.07, 6.45) is 6.80. The highest BCUT2D eigenvalue weighted by atomic mass is 16.5. The molecule has 0 aliphatic heterocycles. The molecule has 2 aromatic heterocycles. The first-order valence-corrected chi connectivity index (χ1v) is 6.44. The molecule has 0 fully saturated rings. The van der Waals surface area contributed by atoms with Gasteiger partial charge in [0.2, 0.25) is 5.78 Å². The fourth-order valence-corrected chi connectivity index (χ4v) is 1.77. The van der Waals surface area contributed by atoms with E-state index in [1.165, 1.54) is 0 Å². The molecule has 6 nitrogen and oxygen atoms in total. The summed E-state index contributed by atoms with van der Waals surface area (Å²) >= 11 is 0. The van der Waals surface area contributed by atoms with Gasteiger partial charge in [0.15, 0.2) is 0 Å². The number of nitrogens with zero attached hydrogens (tertiary/aromatic N) is 3. The maximum absolute atomic E-state index is 11.1. The van der Waals surface area contributed by atoms with E-state index in [-0.39, 0.29) is 5.97 Å². The molecule has 0 bridgehead atoms. The van der Waals surface area contributed by atoms with Gasteiger partial charge < -0.3 is 10.1 Å². The third kappa shape index (κ3) is 4.03.